The number of furan rings is 1. The molecule has 2 atom stereocenters. The Labute approximate surface area is 244 Å². The summed E-state index contributed by atoms with van der Waals surface area (Å²) in [5.74, 6) is -0.0203. The van der Waals surface area contributed by atoms with Crippen molar-refractivity contribution in [2.75, 3.05) is 12.9 Å². The lowest BCUT2D eigenvalue weighted by Crippen LogP contribution is -2.53. The molecule has 10 heteroatoms. The zero-order valence-electron chi connectivity index (χ0n) is 23.5. The monoisotopic (exact) mass is 580 g/mol. The molecular formula is C31H36N2O7S. The van der Waals surface area contributed by atoms with Gasteiger partial charge in [0, 0.05) is 0 Å². The molecule has 2 aromatic carbocycles. The number of methoxy groups -OCH3 is 1. The van der Waals surface area contributed by atoms with E-state index in [0.29, 0.717) is 24.4 Å². The number of thioether (sulfide) groups is 1. The van der Waals surface area contributed by atoms with Crippen LogP contribution < -0.4 is 10.6 Å². The lowest BCUT2D eigenvalue weighted by molar-refractivity contribution is -0.128. The predicted octanol–water partition coefficient (Wildman–Crippen LogP) is 4.94. The number of amides is 2. The first-order valence-electron chi connectivity index (χ1n) is 13.3. The highest BCUT2D eigenvalue weighted by Gasteiger charge is 2.28. The van der Waals surface area contributed by atoms with Crippen LogP contribution in [0.15, 0.2) is 77.2 Å². The number of rotatable bonds is 15. The molecule has 41 heavy (non-hydrogen) atoms. The summed E-state index contributed by atoms with van der Waals surface area (Å²) in [6, 6.07) is 20.1. The van der Waals surface area contributed by atoms with Gasteiger partial charge in [0.2, 0.25) is 11.7 Å². The van der Waals surface area contributed by atoms with Crippen molar-refractivity contribution in [2.45, 2.75) is 51.1 Å². The number of esters is 1. The van der Waals surface area contributed by atoms with Crippen molar-refractivity contribution >= 4 is 35.5 Å². The molecular weight excluding hydrogens is 544 g/mol. The van der Waals surface area contributed by atoms with Crippen LogP contribution in [0.2, 0.25) is 0 Å². The average Bonchev–Trinajstić information content (AvgIpc) is 3.44. The predicted molar refractivity (Wildman–Crippen MR) is 156 cm³/mol. The van der Waals surface area contributed by atoms with Crippen LogP contribution in [0.1, 0.15) is 47.7 Å². The number of carbonyl (C=O) groups is 4. The standard InChI is InChI=1S/C31H36N2O7S/c1-21(2)16-26(33-31(37)39-18-23-12-8-5-9-13-23)29(35)32-25(17-22-10-6-4-7-11-22)27(34)20-41-19-24-14-15-28(40-24)30(36)38-3/h4-15,21,25-26H,16-20H2,1-3H3,(H,32,35)(H,33,37)/t25-,26-/m0/s1. The molecule has 3 rings (SSSR count). The molecule has 3 aromatic rings. The number of nitrogens with one attached hydrogen (secondary N) is 2. The second-order valence-electron chi connectivity index (χ2n) is 9.86. The highest BCUT2D eigenvalue weighted by Crippen LogP contribution is 2.18. The largest absolute Gasteiger partial charge is 0.463 e. The second kappa shape index (κ2) is 16.3. The minimum absolute atomic E-state index is 0.0752. The van der Waals surface area contributed by atoms with E-state index in [4.69, 9.17) is 9.15 Å². The van der Waals surface area contributed by atoms with Crippen LogP contribution in [0.5, 0.6) is 0 Å². The maximum atomic E-state index is 13.4. The number of carbonyl (C=O) groups excluding carboxylic acids is 4. The zero-order chi connectivity index (χ0) is 29.6. The summed E-state index contributed by atoms with van der Waals surface area (Å²) < 4.78 is 15.4. The molecule has 1 aromatic heterocycles. The van der Waals surface area contributed by atoms with Gasteiger partial charge >= 0.3 is 12.1 Å². The fraction of sp³-hybridized carbons (Fsp3) is 0.355. The number of Topliss-reactive ketones (excluding diaryl/α,β-unsaturated/α-hetero) is 1. The molecule has 0 unspecified atom stereocenters. The first-order chi connectivity index (χ1) is 19.7. The molecule has 218 valence electrons. The summed E-state index contributed by atoms with van der Waals surface area (Å²) in [4.78, 5) is 50.8. The Morgan fingerprint density at radius 1 is 0.854 bits per heavy atom. The Hall–Kier alpha value is -4.05. The van der Waals surface area contributed by atoms with Gasteiger partial charge in [0.25, 0.3) is 0 Å². The highest BCUT2D eigenvalue weighted by molar-refractivity contribution is 7.99. The molecule has 0 spiro atoms. The Morgan fingerprint density at radius 2 is 1.51 bits per heavy atom. The maximum Gasteiger partial charge on any atom is 0.408 e. The van der Waals surface area contributed by atoms with Crippen LogP contribution >= 0.6 is 11.8 Å². The number of benzene rings is 2. The van der Waals surface area contributed by atoms with Gasteiger partial charge in [0.15, 0.2) is 5.78 Å². The normalized spacial score (nSPS) is 12.3. The van der Waals surface area contributed by atoms with Crippen LogP contribution in [0.25, 0.3) is 0 Å². The zero-order valence-corrected chi connectivity index (χ0v) is 24.3. The van der Waals surface area contributed by atoms with Crippen molar-refractivity contribution in [3.8, 4) is 0 Å². The number of hydrogen-bond acceptors (Lipinski definition) is 8. The van der Waals surface area contributed by atoms with Crippen LogP contribution in [0, 0.1) is 5.92 Å². The number of hydrogen-bond donors (Lipinski definition) is 2. The van der Waals surface area contributed by atoms with Gasteiger partial charge in [-0.15, -0.1) is 11.8 Å². The molecule has 9 nitrogen and oxygen atoms in total. The topological polar surface area (TPSA) is 124 Å². The van der Waals surface area contributed by atoms with Gasteiger partial charge in [-0.05, 0) is 42.0 Å². The summed E-state index contributed by atoms with van der Waals surface area (Å²) in [7, 11) is 1.27. The van der Waals surface area contributed by atoms with Gasteiger partial charge in [0.1, 0.15) is 18.4 Å². The molecule has 2 amide bonds. The summed E-state index contributed by atoms with van der Waals surface area (Å²) in [6.45, 7) is 3.97. The van der Waals surface area contributed by atoms with E-state index < -0.39 is 30.1 Å². The van der Waals surface area contributed by atoms with Crippen LogP contribution in [-0.4, -0.2) is 48.7 Å². The second-order valence-corrected chi connectivity index (χ2v) is 10.8. The SMILES string of the molecule is COC(=O)c1ccc(CSCC(=O)[C@H](Cc2ccccc2)NC(=O)[C@H](CC(C)C)NC(=O)OCc2ccccc2)o1. The minimum atomic E-state index is -0.878. The molecule has 0 bridgehead atoms. The molecule has 0 aliphatic rings. The van der Waals surface area contributed by atoms with Gasteiger partial charge in [-0.25, -0.2) is 9.59 Å². The van der Waals surface area contributed by atoms with Gasteiger partial charge in [0.05, 0.1) is 24.7 Å². The molecule has 0 saturated heterocycles. The summed E-state index contributed by atoms with van der Waals surface area (Å²) in [6.07, 6.45) is -0.0405. The Bertz CT molecular complexity index is 1280. The summed E-state index contributed by atoms with van der Waals surface area (Å²) >= 11 is 1.31. The van der Waals surface area contributed by atoms with Crippen LogP contribution in [0.4, 0.5) is 4.79 Å². The first kappa shape index (κ1) is 31.5. The van der Waals surface area contributed by atoms with E-state index in [1.807, 2.05) is 74.5 Å². The van der Waals surface area contributed by atoms with E-state index in [1.54, 1.807) is 6.07 Å². The van der Waals surface area contributed by atoms with Crippen LogP contribution in [0.3, 0.4) is 0 Å². The van der Waals surface area contributed by atoms with E-state index in [9.17, 15) is 19.2 Å². The third kappa shape index (κ3) is 10.8. The Kier molecular flexibility index (Phi) is 12.5. The van der Waals surface area contributed by atoms with Crippen molar-refractivity contribution in [2.24, 2.45) is 5.92 Å². The van der Waals surface area contributed by atoms with Gasteiger partial charge in [-0.2, -0.15) is 0 Å². The molecule has 0 saturated carbocycles. The van der Waals surface area contributed by atoms with Crippen LogP contribution in [-0.2, 0) is 37.8 Å². The van der Waals surface area contributed by atoms with E-state index >= 15 is 0 Å². The third-order valence-electron chi connectivity index (χ3n) is 6.05. The van der Waals surface area contributed by atoms with Crippen molar-refractivity contribution in [3.63, 3.8) is 0 Å². The fourth-order valence-electron chi connectivity index (χ4n) is 4.00. The fourth-order valence-corrected chi connectivity index (χ4v) is 4.86. The number of ether oxygens (including phenoxy) is 2. The van der Waals surface area contributed by atoms with E-state index in [0.717, 1.165) is 11.1 Å². The average molecular weight is 581 g/mol. The third-order valence-corrected chi connectivity index (χ3v) is 7.03. The first-order valence-corrected chi connectivity index (χ1v) is 14.5. The molecule has 0 radical (unpaired) electrons. The van der Waals surface area contributed by atoms with Crippen molar-refractivity contribution < 1.29 is 33.1 Å². The van der Waals surface area contributed by atoms with E-state index in [1.165, 1.54) is 24.9 Å². The lowest BCUT2D eigenvalue weighted by atomic mass is 10.00. The number of ketones is 1. The summed E-state index contributed by atoms with van der Waals surface area (Å²) in [5.41, 5.74) is 1.72. The van der Waals surface area contributed by atoms with Crippen molar-refractivity contribution in [1.29, 1.82) is 0 Å². The Balaban J connectivity index is 1.63. The minimum Gasteiger partial charge on any atom is -0.463 e. The molecule has 0 fully saturated rings. The maximum absolute atomic E-state index is 13.4. The van der Waals surface area contributed by atoms with Gasteiger partial charge in [-0.1, -0.05) is 74.5 Å². The van der Waals surface area contributed by atoms with Crippen molar-refractivity contribution in [1.82, 2.24) is 10.6 Å². The van der Waals surface area contributed by atoms with Gasteiger partial charge < -0.3 is 24.5 Å². The molecule has 2 N–H and O–H groups in total. The lowest BCUT2D eigenvalue weighted by Gasteiger charge is -2.24. The Morgan fingerprint density at radius 3 is 2.15 bits per heavy atom. The molecule has 1 heterocycles. The quantitative estimate of drug-likeness (QED) is 0.242. The molecule has 0 aliphatic carbocycles. The smallest absolute Gasteiger partial charge is 0.408 e. The van der Waals surface area contributed by atoms with Gasteiger partial charge in [-0.3, -0.25) is 9.59 Å². The summed E-state index contributed by atoms with van der Waals surface area (Å²) in [5, 5.41) is 5.54. The van der Waals surface area contributed by atoms with Crippen molar-refractivity contribution in [3.05, 3.63) is 95.4 Å². The van der Waals surface area contributed by atoms with E-state index in [2.05, 4.69) is 15.4 Å². The molecule has 0 aliphatic heterocycles. The van der Waals surface area contributed by atoms with E-state index in [-0.39, 0.29) is 29.8 Å². The highest BCUT2D eigenvalue weighted by atomic mass is 32.2. The number of alkyl carbamates (subject to hydrolysis) is 1.